The van der Waals surface area contributed by atoms with Crippen molar-refractivity contribution >= 4 is 17.3 Å². The highest BCUT2D eigenvalue weighted by molar-refractivity contribution is 7.80. The van der Waals surface area contributed by atoms with Crippen LogP contribution in [-0.4, -0.2) is 68.8 Å². The first kappa shape index (κ1) is 22.0. The molecule has 3 aromatic rings. The summed E-state index contributed by atoms with van der Waals surface area (Å²) in [6.07, 6.45) is 6.61. The Morgan fingerprint density at radius 3 is 2.70 bits per heavy atom. The van der Waals surface area contributed by atoms with Crippen molar-refractivity contribution in [3.8, 4) is 5.69 Å². The van der Waals surface area contributed by atoms with Gasteiger partial charge in [-0.3, -0.25) is 14.9 Å². The zero-order valence-corrected chi connectivity index (χ0v) is 19.7. The second-order valence-corrected chi connectivity index (χ2v) is 8.96. The van der Waals surface area contributed by atoms with Crippen LogP contribution in [-0.2, 0) is 4.74 Å². The number of aryl methyl sites for hydroxylation is 1. The molecule has 2 atom stereocenters. The van der Waals surface area contributed by atoms with E-state index in [1.54, 1.807) is 0 Å². The first-order valence-corrected chi connectivity index (χ1v) is 12.0. The van der Waals surface area contributed by atoms with E-state index in [0.29, 0.717) is 0 Å². The van der Waals surface area contributed by atoms with Crippen LogP contribution in [0.5, 0.6) is 0 Å². The predicted molar refractivity (Wildman–Crippen MR) is 132 cm³/mol. The van der Waals surface area contributed by atoms with Gasteiger partial charge in [0.1, 0.15) is 0 Å². The summed E-state index contributed by atoms with van der Waals surface area (Å²) in [7, 11) is 0. The molecule has 2 saturated heterocycles. The third-order valence-electron chi connectivity index (χ3n) is 6.49. The minimum Gasteiger partial charge on any atom is -0.379 e. The average Bonchev–Trinajstić information content (AvgIpc) is 3.40. The van der Waals surface area contributed by atoms with Crippen molar-refractivity contribution in [1.29, 1.82) is 0 Å². The smallest absolute Gasteiger partial charge is 0.170 e. The molecule has 5 heterocycles. The fourth-order valence-corrected chi connectivity index (χ4v) is 5.22. The van der Waals surface area contributed by atoms with Gasteiger partial charge in [0.15, 0.2) is 5.11 Å². The van der Waals surface area contributed by atoms with Crippen molar-refractivity contribution in [3.05, 3.63) is 78.1 Å². The molecule has 0 unspecified atom stereocenters. The number of hydrogen-bond acceptors (Lipinski definition) is 5. The van der Waals surface area contributed by atoms with Crippen LogP contribution in [0.2, 0.25) is 0 Å². The molecular weight excluding hydrogens is 432 g/mol. The monoisotopic (exact) mass is 462 g/mol. The van der Waals surface area contributed by atoms with Crippen molar-refractivity contribution < 1.29 is 4.74 Å². The topological polar surface area (TPSA) is 58.5 Å². The highest BCUT2D eigenvalue weighted by atomic mass is 32.1. The van der Waals surface area contributed by atoms with Crippen molar-refractivity contribution in [2.24, 2.45) is 0 Å². The maximum atomic E-state index is 5.86. The molecule has 172 valence electrons. The maximum absolute atomic E-state index is 5.86. The van der Waals surface area contributed by atoms with Gasteiger partial charge in [-0.1, -0.05) is 6.07 Å². The molecule has 8 heteroatoms. The zero-order valence-electron chi connectivity index (χ0n) is 18.9. The van der Waals surface area contributed by atoms with Gasteiger partial charge in [0, 0.05) is 50.0 Å². The Morgan fingerprint density at radius 1 is 1.06 bits per heavy atom. The minimum atomic E-state index is -0.0215. The molecule has 33 heavy (non-hydrogen) atoms. The van der Waals surface area contributed by atoms with Crippen LogP contribution < -0.4 is 5.32 Å². The molecule has 2 aliphatic heterocycles. The molecule has 0 amide bonds. The second kappa shape index (κ2) is 9.99. The van der Waals surface area contributed by atoms with Gasteiger partial charge in [-0.25, -0.2) is 0 Å². The molecule has 2 aliphatic rings. The lowest BCUT2D eigenvalue weighted by Gasteiger charge is -2.31. The van der Waals surface area contributed by atoms with E-state index in [9.17, 15) is 0 Å². The highest BCUT2D eigenvalue weighted by Crippen LogP contribution is 2.40. The standard InChI is InChI=1S/C25H30N6OS/c1-19-8-9-22(31(19)20-6-4-10-26-18-20)24-23(21-7-2-3-11-27-21)28-25(33)30(24)13-5-12-29-14-16-32-17-15-29/h2-4,6-11,18,23-24H,5,12-17H2,1H3,(H,28,33)/t23-,24-/m0/s1. The molecule has 0 radical (unpaired) electrons. The summed E-state index contributed by atoms with van der Waals surface area (Å²) in [4.78, 5) is 13.9. The fraction of sp³-hybridized carbons (Fsp3) is 0.400. The van der Waals surface area contributed by atoms with Gasteiger partial charge >= 0.3 is 0 Å². The van der Waals surface area contributed by atoms with Gasteiger partial charge in [-0.2, -0.15) is 0 Å². The summed E-state index contributed by atoms with van der Waals surface area (Å²) in [5.74, 6) is 0. The van der Waals surface area contributed by atoms with E-state index in [0.717, 1.165) is 62.3 Å². The number of hydrogen-bond donors (Lipinski definition) is 1. The van der Waals surface area contributed by atoms with Gasteiger partial charge in [0.05, 0.1) is 42.9 Å². The van der Waals surface area contributed by atoms with Gasteiger partial charge < -0.3 is 19.5 Å². The first-order chi connectivity index (χ1) is 16.2. The molecular formula is C25H30N6OS. The molecule has 0 aromatic carbocycles. The summed E-state index contributed by atoms with van der Waals surface area (Å²) < 4.78 is 7.78. The quantitative estimate of drug-likeness (QED) is 0.541. The Balaban J connectivity index is 1.47. The third kappa shape index (κ3) is 4.64. The predicted octanol–water partition coefficient (Wildman–Crippen LogP) is 3.27. The summed E-state index contributed by atoms with van der Waals surface area (Å²) >= 11 is 5.86. The van der Waals surface area contributed by atoms with Crippen LogP contribution in [0.4, 0.5) is 0 Å². The van der Waals surface area contributed by atoms with E-state index in [1.807, 2.05) is 36.8 Å². The molecule has 3 aromatic heterocycles. The minimum absolute atomic E-state index is 0.0215. The Kier molecular flexibility index (Phi) is 6.66. The fourth-order valence-electron chi connectivity index (χ4n) is 4.89. The van der Waals surface area contributed by atoms with Crippen LogP contribution in [0.25, 0.3) is 5.69 Å². The summed E-state index contributed by atoms with van der Waals surface area (Å²) in [6.45, 7) is 7.73. The lowest BCUT2D eigenvalue weighted by Crippen LogP contribution is -2.39. The van der Waals surface area contributed by atoms with Gasteiger partial charge in [-0.15, -0.1) is 0 Å². The Labute approximate surface area is 200 Å². The first-order valence-electron chi connectivity index (χ1n) is 11.6. The summed E-state index contributed by atoms with van der Waals surface area (Å²) in [6, 6.07) is 14.5. The van der Waals surface area contributed by atoms with Crippen LogP contribution in [0.15, 0.2) is 61.1 Å². The van der Waals surface area contributed by atoms with E-state index >= 15 is 0 Å². The average molecular weight is 463 g/mol. The number of morpholine rings is 1. The van der Waals surface area contributed by atoms with Crippen LogP contribution in [0.3, 0.4) is 0 Å². The lowest BCUT2D eigenvalue weighted by atomic mass is 10.0. The molecule has 0 spiro atoms. The van der Waals surface area contributed by atoms with Crippen LogP contribution in [0.1, 0.15) is 35.6 Å². The van der Waals surface area contributed by atoms with Gasteiger partial charge in [-0.05, 0) is 62.0 Å². The molecule has 7 nitrogen and oxygen atoms in total. The second-order valence-electron chi connectivity index (χ2n) is 8.57. The molecule has 0 aliphatic carbocycles. The van der Waals surface area contributed by atoms with Gasteiger partial charge in [0.25, 0.3) is 0 Å². The van der Waals surface area contributed by atoms with E-state index in [1.165, 1.54) is 11.4 Å². The molecule has 0 saturated carbocycles. The molecule has 2 fully saturated rings. The van der Waals surface area contributed by atoms with Crippen molar-refractivity contribution in [2.45, 2.75) is 25.4 Å². The zero-order chi connectivity index (χ0) is 22.6. The van der Waals surface area contributed by atoms with E-state index in [-0.39, 0.29) is 12.1 Å². The van der Waals surface area contributed by atoms with Crippen LogP contribution >= 0.6 is 12.2 Å². The third-order valence-corrected chi connectivity index (χ3v) is 6.84. The number of nitrogens with one attached hydrogen (secondary N) is 1. The number of pyridine rings is 2. The molecule has 1 N–H and O–H groups in total. The Morgan fingerprint density at radius 2 is 1.94 bits per heavy atom. The van der Waals surface area contributed by atoms with Crippen LogP contribution in [0, 0.1) is 6.92 Å². The van der Waals surface area contributed by atoms with E-state index in [4.69, 9.17) is 17.0 Å². The highest BCUT2D eigenvalue weighted by Gasteiger charge is 2.41. The number of aromatic nitrogens is 3. The Bertz CT molecular complexity index is 1070. The maximum Gasteiger partial charge on any atom is 0.170 e. The molecule has 0 bridgehead atoms. The number of rotatable bonds is 7. The largest absolute Gasteiger partial charge is 0.379 e. The Hall–Kier alpha value is -2.81. The summed E-state index contributed by atoms with van der Waals surface area (Å²) in [5, 5.41) is 4.36. The van der Waals surface area contributed by atoms with Crippen molar-refractivity contribution in [3.63, 3.8) is 0 Å². The van der Waals surface area contributed by atoms with Crippen molar-refractivity contribution in [2.75, 3.05) is 39.4 Å². The normalized spacial score (nSPS) is 21.4. The summed E-state index contributed by atoms with van der Waals surface area (Å²) in [5.41, 5.74) is 4.41. The number of nitrogens with zero attached hydrogens (tertiary/aromatic N) is 5. The molecule has 5 rings (SSSR count). The van der Waals surface area contributed by atoms with E-state index < -0.39 is 0 Å². The van der Waals surface area contributed by atoms with E-state index in [2.05, 4.69) is 60.8 Å². The van der Waals surface area contributed by atoms with Gasteiger partial charge in [0.2, 0.25) is 0 Å². The number of ether oxygens (including phenoxy) is 1. The number of thiocarbonyl (C=S) groups is 1. The SMILES string of the molecule is Cc1ccc([C@H]2[C@H](c3ccccn3)NC(=S)N2CCCN2CCOCC2)n1-c1cccnc1. The van der Waals surface area contributed by atoms with Crippen molar-refractivity contribution in [1.82, 2.24) is 29.7 Å². The lowest BCUT2D eigenvalue weighted by molar-refractivity contribution is 0.0365.